The van der Waals surface area contributed by atoms with E-state index in [-0.39, 0.29) is 28.5 Å². The summed E-state index contributed by atoms with van der Waals surface area (Å²) in [4.78, 5) is 12.2. The summed E-state index contributed by atoms with van der Waals surface area (Å²) in [6.07, 6.45) is 0.0453. The topological polar surface area (TPSA) is 77.4 Å². The second-order valence-corrected chi connectivity index (χ2v) is 9.86. The highest BCUT2D eigenvalue weighted by molar-refractivity contribution is 7.89. The van der Waals surface area contributed by atoms with Gasteiger partial charge in [0.15, 0.2) is 0 Å². The molecule has 2 aromatic carbocycles. The Morgan fingerprint density at radius 2 is 1.86 bits per heavy atom. The third-order valence-electron chi connectivity index (χ3n) is 4.15. The summed E-state index contributed by atoms with van der Waals surface area (Å²) >= 11 is 1.06. The molecule has 150 valence electrons. The van der Waals surface area contributed by atoms with E-state index in [2.05, 4.69) is 4.72 Å². The van der Waals surface area contributed by atoms with Crippen LogP contribution in [0.15, 0.2) is 52.2 Å². The number of benzene rings is 2. The van der Waals surface area contributed by atoms with E-state index in [1.165, 1.54) is 6.07 Å². The molecule has 0 aliphatic rings. The molecule has 0 amide bonds. The molecule has 1 N–H and O–H groups in total. The van der Waals surface area contributed by atoms with Crippen LogP contribution in [-0.4, -0.2) is 19.1 Å². The molecule has 0 aliphatic heterocycles. The Balaban J connectivity index is 1.82. The molecule has 0 atom stereocenters. The number of fused-ring (bicyclic) bond motifs is 1. The van der Waals surface area contributed by atoms with Crippen molar-refractivity contribution in [3.63, 3.8) is 0 Å². The second-order valence-electron chi connectivity index (χ2n) is 7.10. The lowest BCUT2D eigenvalue weighted by Gasteiger charge is -2.12. The Hall–Kier alpha value is -2.16. The van der Waals surface area contributed by atoms with Crippen molar-refractivity contribution in [2.45, 2.75) is 51.3 Å². The number of nitrogens with one attached hydrogen (secondary N) is 1. The second kappa shape index (κ2) is 8.06. The van der Waals surface area contributed by atoms with Crippen molar-refractivity contribution in [2.75, 3.05) is 0 Å². The number of thiazole rings is 1. The van der Waals surface area contributed by atoms with Crippen LogP contribution in [0.4, 0.5) is 0 Å². The van der Waals surface area contributed by atoms with E-state index in [1.807, 2.05) is 52.0 Å². The molecule has 0 aliphatic carbocycles. The van der Waals surface area contributed by atoms with Crippen molar-refractivity contribution in [2.24, 2.45) is 0 Å². The predicted molar refractivity (Wildman–Crippen MR) is 113 cm³/mol. The van der Waals surface area contributed by atoms with Gasteiger partial charge in [0.2, 0.25) is 10.0 Å². The molecule has 0 saturated heterocycles. The summed E-state index contributed by atoms with van der Waals surface area (Å²) < 4.78 is 36.0. The lowest BCUT2D eigenvalue weighted by atomic mass is 10.2. The maximum atomic E-state index is 12.7. The molecule has 1 heterocycles. The average Bonchev–Trinajstić information content (AvgIpc) is 2.95. The lowest BCUT2D eigenvalue weighted by molar-refractivity contribution is 0.242. The lowest BCUT2D eigenvalue weighted by Crippen LogP contribution is -2.23. The number of sulfonamides is 1. The largest absolute Gasteiger partial charge is 0.491 e. The first-order valence-corrected chi connectivity index (χ1v) is 11.4. The van der Waals surface area contributed by atoms with Gasteiger partial charge < -0.3 is 4.74 Å². The van der Waals surface area contributed by atoms with Crippen molar-refractivity contribution in [1.29, 1.82) is 0 Å². The van der Waals surface area contributed by atoms with E-state index in [4.69, 9.17) is 4.74 Å². The van der Waals surface area contributed by atoms with Crippen LogP contribution in [0.2, 0.25) is 0 Å². The summed E-state index contributed by atoms with van der Waals surface area (Å²) in [7, 11) is -3.71. The van der Waals surface area contributed by atoms with E-state index >= 15 is 0 Å². The van der Waals surface area contributed by atoms with Crippen LogP contribution in [0.5, 0.6) is 5.75 Å². The fourth-order valence-corrected chi connectivity index (χ4v) is 5.11. The van der Waals surface area contributed by atoms with Gasteiger partial charge in [-0.2, -0.15) is 0 Å². The van der Waals surface area contributed by atoms with Crippen LogP contribution in [-0.2, 0) is 16.6 Å². The van der Waals surface area contributed by atoms with Gasteiger partial charge in [0.05, 0.1) is 21.2 Å². The molecular weight excluding hydrogens is 396 g/mol. The number of aromatic nitrogens is 1. The molecule has 0 unspecified atom stereocenters. The Labute approximate surface area is 168 Å². The van der Waals surface area contributed by atoms with Gasteiger partial charge in [0, 0.05) is 12.6 Å². The molecule has 6 nitrogen and oxygen atoms in total. The summed E-state index contributed by atoms with van der Waals surface area (Å²) in [5.41, 5.74) is 1.56. The van der Waals surface area contributed by atoms with E-state index in [0.29, 0.717) is 10.4 Å². The van der Waals surface area contributed by atoms with Gasteiger partial charge in [0.25, 0.3) is 0 Å². The highest BCUT2D eigenvalue weighted by Crippen LogP contribution is 2.24. The number of nitrogens with zero attached hydrogens (tertiary/aromatic N) is 1. The molecule has 3 rings (SSSR count). The van der Waals surface area contributed by atoms with Gasteiger partial charge in [0.1, 0.15) is 5.75 Å². The van der Waals surface area contributed by atoms with Crippen LogP contribution in [0.25, 0.3) is 10.2 Å². The highest BCUT2D eigenvalue weighted by Gasteiger charge is 2.17. The van der Waals surface area contributed by atoms with E-state index in [9.17, 15) is 13.2 Å². The fourth-order valence-electron chi connectivity index (χ4n) is 2.94. The maximum absolute atomic E-state index is 12.7. The minimum absolute atomic E-state index is 0.0159. The molecule has 0 saturated carbocycles. The van der Waals surface area contributed by atoms with Crippen molar-refractivity contribution < 1.29 is 13.2 Å². The van der Waals surface area contributed by atoms with Gasteiger partial charge in [-0.05, 0) is 63.6 Å². The van der Waals surface area contributed by atoms with E-state index in [0.717, 1.165) is 22.4 Å². The number of hydrogen-bond acceptors (Lipinski definition) is 5. The SMILES string of the molecule is CC(C)Oc1cccc(CNS(=O)(=O)c2ccc3c(c2)sc(=O)n3C(C)C)c1. The molecule has 0 radical (unpaired) electrons. The maximum Gasteiger partial charge on any atom is 0.308 e. The van der Waals surface area contributed by atoms with E-state index in [1.54, 1.807) is 16.7 Å². The summed E-state index contributed by atoms with van der Waals surface area (Å²) in [6.45, 7) is 7.88. The Bertz CT molecular complexity index is 1140. The summed E-state index contributed by atoms with van der Waals surface area (Å²) in [5.74, 6) is 0.702. The van der Waals surface area contributed by atoms with Gasteiger partial charge in [-0.1, -0.05) is 23.5 Å². The molecule has 0 spiro atoms. The Kier molecular flexibility index (Phi) is 5.92. The van der Waals surface area contributed by atoms with Crippen molar-refractivity contribution in [1.82, 2.24) is 9.29 Å². The normalized spacial score (nSPS) is 12.2. The minimum Gasteiger partial charge on any atom is -0.491 e. The van der Waals surface area contributed by atoms with Crippen LogP contribution in [0.3, 0.4) is 0 Å². The first-order chi connectivity index (χ1) is 13.2. The van der Waals surface area contributed by atoms with E-state index < -0.39 is 10.0 Å². The van der Waals surface area contributed by atoms with Crippen LogP contribution < -0.4 is 14.3 Å². The molecule has 0 fully saturated rings. The fraction of sp³-hybridized carbons (Fsp3) is 0.350. The summed E-state index contributed by atoms with van der Waals surface area (Å²) in [6, 6.07) is 12.1. The van der Waals surface area contributed by atoms with Gasteiger partial charge >= 0.3 is 4.87 Å². The quantitative estimate of drug-likeness (QED) is 0.629. The number of ether oxygens (including phenoxy) is 1. The Morgan fingerprint density at radius 3 is 2.54 bits per heavy atom. The van der Waals surface area contributed by atoms with Crippen LogP contribution >= 0.6 is 11.3 Å². The number of rotatable bonds is 7. The molecule has 3 aromatic rings. The van der Waals surface area contributed by atoms with Gasteiger partial charge in [-0.15, -0.1) is 0 Å². The smallest absolute Gasteiger partial charge is 0.308 e. The monoisotopic (exact) mass is 420 g/mol. The minimum atomic E-state index is -3.71. The molecule has 28 heavy (non-hydrogen) atoms. The first kappa shape index (κ1) is 20.6. The zero-order chi connectivity index (χ0) is 20.5. The summed E-state index contributed by atoms with van der Waals surface area (Å²) in [5, 5.41) is 0. The zero-order valence-electron chi connectivity index (χ0n) is 16.3. The van der Waals surface area contributed by atoms with Crippen molar-refractivity contribution >= 4 is 31.6 Å². The van der Waals surface area contributed by atoms with Crippen LogP contribution in [0, 0.1) is 0 Å². The third-order valence-corrected chi connectivity index (χ3v) is 6.47. The average molecular weight is 421 g/mol. The first-order valence-electron chi connectivity index (χ1n) is 9.08. The van der Waals surface area contributed by atoms with Gasteiger partial charge in [-0.25, -0.2) is 13.1 Å². The molecule has 1 aromatic heterocycles. The molecule has 0 bridgehead atoms. The molecule has 8 heteroatoms. The van der Waals surface area contributed by atoms with Gasteiger partial charge in [-0.3, -0.25) is 9.36 Å². The number of hydrogen-bond donors (Lipinski definition) is 1. The zero-order valence-corrected chi connectivity index (χ0v) is 17.9. The highest BCUT2D eigenvalue weighted by atomic mass is 32.2. The molecular formula is C20H24N2O4S2. The standard InChI is InChI=1S/C20H24N2O4S2/c1-13(2)22-18-9-8-17(11-19(18)27-20(22)23)28(24,25)21-12-15-6-5-7-16(10-15)26-14(3)4/h5-11,13-14,21H,12H2,1-4H3. The van der Waals surface area contributed by atoms with Crippen molar-refractivity contribution in [3.05, 3.63) is 57.7 Å². The predicted octanol–water partition coefficient (Wildman–Crippen LogP) is 3.91. The third kappa shape index (κ3) is 4.45. The Morgan fingerprint density at radius 1 is 1.11 bits per heavy atom. The van der Waals surface area contributed by atoms with Crippen LogP contribution in [0.1, 0.15) is 39.3 Å². The van der Waals surface area contributed by atoms with Crippen molar-refractivity contribution in [3.8, 4) is 5.75 Å².